The number of aromatic nitrogens is 2. The lowest BCUT2D eigenvalue weighted by Gasteiger charge is -2.04. The number of nitrogens with one attached hydrogen (secondary N) is 2. The highest BCUT2D eigenvalue weighted by atomic mass is 16.5. The van der Waals surface area contributed by atoms with Crippen LogP contribution in [0.3, 0.4) is 0 Å². The van der Waals surface area contributed by atoms with Gasteiger partial charge in [-0.2, -0.15) is 5.10 Å². The van der Waals surface area contributed by atoms with Crippen LogP contribution in [-0.4, -0.2) is 16.3 Å². The molecule has 1 radical (unpaired) electrons. The largest absolute Gasteiger partial charge is 0.444 e. The normalized spacial score (nSPS) is 9.75. The summed E-state index contributed by atoms with van der Waals surface area (Å²) in [4.78, 5) is 11.3. The van der Waals surface area contributed by atoms with Crippen LogP contribution in [0.25, 0.3) is 0 Å². The first kappa shape index (κ1) is 10.2. The van der Waals surface area contributed by atoms with E-state index in [1.54, 1.807) is 0 Å². The number of carbonyl (C=O) groups excluding carboxylic acids is 1. The van der Waals surface area contributed by atoms with Gasteiger partial charge in [0.15, 0.2) is 0 Å². The summed E-state index contributed by atoms with van der Waals surface area (Å²) in [7, 11) is 0. The summed E-state index contributed by atoms with van der Waals surface area (Å²) in [6, 6.07) is 9.46. The van der Waals surface area contributed by atoms with E-state index in [0.717, 1.165) is 5.56 Å². The molecule has 0 aliphatic carbocycles. The fourth-order valence-corrected chi connectivity index (χ4v) is 1.15. The molecule has 1 heterocycles. The molecule has 0 spiro atoms. The second kappa shape index (κ2) is 4.97. The summed E-state index contributed by atoms with van der Waals surface area (Å²) in [6.07, 6.45) is 3.54. The van der Waals surface area contributed by atoms with E-state index in [0.29, 0.717) is 5.69 Å². The molecule has 0 bridgehead atoms. The molecule has 0 aliphatic heterocycles. The molecular weight excluding hydrogens is 206 g/mol. The van der Waals surface area contributed by atoms with Crippen LogP contribution < -0.4 is 5.32 Å². The van der Waals surface area contributed by atoms with Crippen LogP contribution in [0.15, 0.2) is 36.5 Å². The van der Waals surface area contributed by atoms with Gasteiger partial charge in [-0.3, -0.25) is 10.4 Å². The van der Waals surface area contributed by atoms with Crippen molar-refractivity contribution in [2.45, 2.75) is 6.61 Å². The Bertz CT molecular complexity index is 440. The minimum Gasteiger partial charge on any atom is -0.444 e. The number of benzene rings is 1. The van der Waals surface area contributed by atoms with Gasteiger partial charge in [0.1, 0.15) is 12.8 Å². The highest BCUT2D eigenvalue weighted by Crippen LogP contribution is 2.04. The fraction of sp³-hybridized carbons (Fsp3) is 0.0909. The maximum atomic E-state index is 11.3. The molecule has 2 rings (SSSR count). The van der Waals surface area contributed by atoms with E-state index in [1.807, 2.05) is 30.3 Å². The zero-order chi connectivity index (χ0) is 11.2. The topological polar surface area (TPSA) is 67.0 Å². The first-order chi connectivity index (χ1) is 7.84. The molecule has 0 fully saturated rings. The summed E-state index contributed by atoms with van der Waals surface area (Å²) in [5, 5.41) is 8.59. The molecule has 1 aromatic carbocycles. The zero-order valence-corrected chi connectivity index (χ0v) is 8.43. The van der Waals surface area contributed by atoms with E-state index in [2.05, 4.69) is 21.7 Å². The lowest BCUT2D eigenvalue weighted by atomic mass is 10.2. The average Bonchev–Trinajstić information content (AvgIpc) is 2.81. The Kier molecular flexibility index (Phi) is 3.18. The summed E-state index contributed by atoms with van der Waals surface area (Å²) >= 11 is 0. The zero-order valence-electron chi connectivity index (χ0n) is 8.43. The van der Waals surface area contributed by atoms with Crippen LogP contribution >= 0.6 is 0 Å². The van der Waals surface area contributed by atoms with Crippen molar-refractivity contribution in [2.75, 3.05) is 5.32 Å². The van der Waals surface area contributed by atoms with Crippen LogP contribution in [0, 0.1) is 6.20 Å². The van der Waals surface area contributed by atoms with Gasteiger partial charge < -0.3 is 4.74 Å². The smallest absolute Gasteiger partial charge is 0.412 e. The second-order valence-electron chi connectivity index (χ2n) is 3.10. The Morgan fingerprint density at radius 1 is 1.44 bits per heavy atom. The monoisotopic (exact) mass is 216 g/mol. The lowest BCUT2D eigenvalue weighted by Crippen LogP contribution is -2.13. The van der Waals surface area contributed by atoms with Crippen LogP contribution in [0.1, 0.15) is 5.56 Å². The summed E-state index contributed by atoms with van der Waals surface area (Å²) in [5.41, 5.74) is 1.40. The maximum absolute atomic E-state index is 11.3. The minimum absolute atomic E-state index is 0.241. The molecule has 16 heavy (non-hydrogen) atoms. The Labute approximate surface area is 92.4 Å². The molecule has 0 saturated heterocycles. The number of amides is 1. The Hall–Kier alpha value is -2.30. The maximum Gasteiger partial charge on any atom is 0.412 e. The van der Waals surface area contributed by atoms with Gasteiger partial charge >= 0.3 is 6.09 Å². The highest BCUT2D eigenvalue weighted by molar-refractivity contribution is 5.83. The number of aromatic amines is 1. The predicted octanol–water partition coefficient (Wildman–Crippen LogP) is 1.96. The summed E-state index contributed by atoms with van der Waals surface area (Å²) < 4.78 is 4.99. The lowest BCUT2D eigenvalue weighted by molar-refractivity contribution is 0.155. The van der Waals surface area contributed by atoms with Gasteiger partial charge in [-0.15, -0.1) is 0 Å². The van der Waals surface area contributed by atoms with Crippen molar-refractivity contribution in [1.29, 1.82) is 0 Å². The van der Waals surface area contributed by atoms with Gasteiger partial charge in [-0.1, -0.05) is 30.3 Å². The van der Waals surface area contributed by atoms with Gasteiger partial charge in [0, 0.05) is 6.20 Å². The third kappa shape index (κ3) is 2.84. The van der Waals surface area contributed by atoms with Gasteiger partial charge in [-0.05, 0) is 5.56 Å². The molecular formula is C11H10N3O2. The molecule has 5 nitrogen and oxygen atoms in total. The van der Waals surface area contributed by atoms with Crippen molar-refractivity contribution in [3.8, 4) is 0 Å². The van der Waals surface area contributed by atoms with Crippen LogP contribution in [-0.2, 0) is 11.3 Å². The second-order valence-corrected chi connectivity index (χ2v) is 3.10. The highest BCUT2D eigenvalue weighted by Gasteiger charge is 2.03. The van der Waals surface area contributed by atoms with E-state index in [-0.39, 0.29) is 6.61 Å². The van der Waals surface area contributed by atoms with Crippen molar-refractivity contribution in [3.05, 3.63) is 48.3 Å². The number of hydrogen-bond acceptors (Lipinski definition) is 3. The summed E-state index contributed by atoms with van der Waals surface area (Å²) in [6.45, 7) is 0.241. The number of nitrogens with zero attached hydrogens (tertiary/aromatic N) is 1. The molecule has 0 aliphatic rings. The van der Waals surface area contributed by atoms with E-state index >= 15 is 0 Å². The van der Waals surface area contributed by atoms with Gasteiger partial charge in [0.2, 0.25) is 0 Å². The quantitative estimate of drug-likeness (QED) is 0.824. The van der Waals surface area contributed by atoms with Crippen molar-refractivity contribution >= 4 is 11.8 Å². The van der Waals surface area contributed by atoms with Gasteiger partial charge in [0.25, 0.3) is 0 Å². The Morgan fingerprint density at radius 2 is 2.25 bits per heavy atom. The minimum atomic E-state index is -0.526. The number of H-pyrrole nitrogens is 1. The SMILES string of the molecule is O=C(Nc1[c]n[nH]c1)OCc1ccccc1. The van der Waals surface area contributed by atoms with E-state index in [4.69, 9.17) is 4.74 Å². The molecule has 81 valence electrons. The van der Waals surface area contributed by atoms with Crippen LogP contribution in [0.5, 0.6) is 0 Å². The van der Waals surface area contributed by atoms with Gasteiger partial charge in [0.05, 0.1) is 5.69 Å². The average molecular weight is 216 g/mol. The number of carbonyl (C=O) groups is 1. The van der Waals surface area contributed by atoms with Crippen molar-refractivity contribution < 1.29 is 9.53 Å². The molecule has 2 aromatic rings. The molecule has 1 amide bonds. The van der Waals surface area contributed by atoms with Crippen LogP contribution in [0.4, 0.5) is 10.5 Å². The number of hydrogen-bond donors (Lipinski definition) is 2. The molecule has 0 unspecified atom stereocenters. The Balaban J connectivity index is 1.80. The third-order valence-corrected chi connectivity index (χ3v) is 1.90. The van der Waals surface area contributed by atoms with Crippen molar-refractivity contribution in [2.24, 2.45) is 0 Å². The molecule has 2 N–H and O–H groups in total. The molecule has 1 aromatic heterocycles. The van der Waals surface area contributed by atoms with E-state index in [1.165, 1.54) is 6.20 Å². The van der Waals surface area contributed by atoms with Crippen molar-refractivity contribution in [1.82, 2.24) is 10.2 Å². The number of anilines is 1. The van der Waals surface area contributed by atoms with Crippen LogP contribution in [0.2, 0.25) is 0 Å². The van der Waals surface area contributed by atoms with E-state index in [9.17, 15) is 4.79 Å². The predicted molar refractivity (Wildman–Crippen MR) is 57.7 cm³/mol. The standard InChI is InChI=1S/C11H10N3O2/c15-11(14-10-6-12-13-7-10)16-8-9-4-2-1-3-5-9/h1-6H,8H2,(H,12,13)(H,14,15). The van der Waals surface area contributed by atoms with Crippen molar-refractivity contribution in [3.63, 3.8) is 0 Å². The fourth-order valence-electron chi connectivity index (χ4n) is 1.15. The third-order valence-electron chi connectivity index (χ3n) is 1.90. The van der Waals surface area contributed by atoms with Gasteiger partial charge in [-0.25, -0.2) is 4.79 Å². The Morgan fingerprint density at radius 3 is 2.94 bits per heavy atom. The number of ether oxygens (including phenoxy) is 1. The molecule has 0 atom stereocenters. The first-order valence-corrected chi connectivity index (χ1v) is 4.74. The van der Waals surface area contributed by atoms with E-state index < -0.39 is 6.09 Å². The summed E-state index contributed by atoms with van der Waals surface area (Å²) in [5.74, 6) is 0. The first-order valence-electron chi connectivity index (χ1n) is 4.74. The molecule has 5 heteroatoms. The number of rotatable bonds is 3. The molecule has 0 saturated carbocycles.